The number of rotatable bonds is 4. The number of anilines is 1. The van der Waals surface area contributed by atoms with Gasteiger partial charge in [-0.05, 0) is 24.3 Å². The largest absolute Gasteiger partial charge is 0.354 e. The number of pyridine rings is 2. The molecule has 0 atom stereocenters. The van der Waals surface area contributed by atoms with Gasteiger partial charge in [0.2, 0.25) is 10.0 Å². The van der Waals surface area contributed by atoms with Gasteiger partial charge in [-0.2, -0.15) is 4.31 Å². The molecule has 2 aromatic heterocycles. The summed E-state index contributed by atoms with van der Waals surface area (Å²) in [4.78, 5) is 13.7. The Morgan fingerprint density at radius 1 is 0.828 bits per heavy atom. The SMILES string of the molecule is O=S(=O)(c1cccc2cccnc12)N1CC(N2CCN(c3ccccn3)CC2)C1. The van der Waals surface area contributed by atoms with Gasteiger partial charge in [-0.3, -0.25) is 9.88 Å². The molecule has 5 rings (SSSR count). The van der Waals surface area contributed by atoms with E-state index in [0.29, 0.717) is 23.5 Å². The summed E-state index contributed by atoms with van der Waals surface area (Å²) < 4.78 is 27.9. The third-order valence-corrected chi connectivity index (χ3v) is 7.71. The van der Waals surface area contributed by atoms with Crippen molar-refractivity contribution >= 4 is 26.7 Å². The minimum Gasteiger partial charge on any atom is -0.354 e. The van der Waals surface area contributed by atoms with E-state index in [0.717, 1.165) is 37.4 Å². The van der Waals surface area contributed by atoms with Crippen LogP contribution in [0.3, 0.4) is 0 Å². The molecule has 0 saturated carbocycles. The maximum atomic E-state index is 13.1. The highest BCUT2D eigenvalue weighted by Crippen LogP contribution is 2.29. The summed E-state index contributed by atoms with van der Waals surface area (Å²) in [6, 6.07) is 15.3. The molecule has 0 radical (unpaired) electrons. The normalized spacial score (nSPS) is 19.4. The summed E-state index contributed by atoms with van der Waals surface area (Å²) in [5.41, 5.74) is 0.544. The summed E-state index contributed by atoms with van der Waals surface area (Å²) in [7, 11) is -3.53. The first kappa shape index (κ1) is 18.5. The first-order valence-electron chi connectivity index (χ1n) is 9.87. The Labute approximate surface area is 170 Å². The number of aromatic nitrogens is 2. The van der Waals surface area contributed by atoms with E-state index < -0.39 is 10.0 Å². The second-order valence-corrected chi connectivity index (χ2v) is 9.42. The van der Waals surface area contributed by atoms with E-state index in [1.807, 2.05) is 42.6 Å². The molecule has 0 unspecified atom stereocenters. The van der Waals surface area contributed by atoms with Gasteiger partial charge in [0.1, 0.15) is 10.7 Å². The highest BCUT2D eigenvalue weighted by Gasteiger charge is 2.41. The molecule has 150 valence electrons. The number of benzene rings is 1. The van der Waals surface area contributed by atoms with E-state index in [9.17, 15) is 8.42 Å². The second kappa shape index (κ2) is 7.37. The molecule has 7 nitrogen and oxygen atoms in total. The minimum atomic E-state index is -3.53. The van der Waals surface area contributed by atoms with Crippen molar-refractivity contribution in [3.63, 3.8) is 0 Å². The molecule has 0 bridgehead atoms. The predicted octanol–water partition coefficient (Wildman–Crippen LogP) is 1.82. The van der Waals surface area contributed by atoms with Crippen LogP contribution in [0.5, 0.6) is 0 Å². The Morgan fingerprint density at radius 2 is 1.59 bits per heavy atom. The van der Waals surface area contributed by atoms with Crippen LogP contribution in [0.1, 0.15) is 0 Å². The molecule has 0 aliphatic carbocycles. The van der Waals surface area contributed by atoms with Crippen molar-refractivity contribution < 1.29 is 8.42 Å². The van der Waals surface area contributed by atoms with Gasteiger partial charge in [-0.15, -0.1) is 0 Å². The number of piperazine rings is 1. The lowest BCUT2D eigenvalue weighted by molar-refractivity contribution is 0.0827. The molecule has 3 aromatic rings. The van der Waals surface area contributed by atoms with Crippen molar-refractivity contribution in [1.82, 2.24) is 19.2 Å². The maximum Gasteiger partial charge on any atom is 0.245 e. The molecular weight excluding hydrogens is 386 g/mol. The summed E-state index contributed by atoms with van der Waals surface area (Å²) in [5, 5.41) is 0.844. The van der Waals surface area contributed by atoms with E-state index in [2.05, 4.69) is 19.8 Å². The fourth-order valence-corrected chi connectivity index (χ4v) is 5.80. The van der Waals surface area contributed by atoms with Crippen LogP contribution in [-0.4, -0.2) is 72.9 Å². The smallest absolute Gasteiger partial charge is 0.245 e. The van der Waals surface area contributed by atoms with E-state index >= 15 is 0 Å². The Balaban J connectivity index is 1.24. The van der Waals surface area contributed by atoms with Crippen molar-refractivity contribution in [2.45, 2.75) is 10.9 Å². The molecule has 2 fully saturated rings. The second-order valence-electron chi connectivity index (χ2n) is 7.52. The van der Waals surface area contributed by atoms with Gasteiger partial charge in [0.05, 0.1) is 5.52 Å². The van der Waals surface area contributed by atoms with E-state index in [-0.39, 0.29) is 6.04 Å². The molecule has 2 saturated heterocycles. The van der Waals surface area contributed by atoms with Gasteiger partial charge >= 0.3 is 0 Å². The first-order valence-corrected chi connectivity index (χ1v) is 11.3. The lowest BCUT2D eigenvalue weighted by Gasteiger charge is -2.47. The van der Waals surface area contributed by atoms with Crippen LogP contribution < -0.4 is 4.90 Å². The number of hydrogen-bond donors (Lipinski definition) is 0. The van der Waals surface area contributed by atoms with Gasteiger partial charge in [0.25, 0.3) is 0 Å². The van der Waals surface area contributed by atoms with Gasteiger partial charge < -0.3 is 4.90 Å². The lowest BCUT2D eigenvalue weighted by Crippen LogP contribution is -2.64. The highest BCUT2D eigenvalue weighted by atomic mass is 32.2. The van der Waals surface area contributed by atoms with Crippen LogP contribution >= 0.6 is 0 Å². The Hall–Kier alpha value is -2.55. The van der Waals surface area contributed by atoms with Crippen LogP contribution in [0.2, 0.25) is 0 Å². The van der Waals surface area contributed by atoms with Crippen LogP contribution in [0.4, 0.5) is 5.82 Å². The maximum absolute atomic E-state index is 13.1. The summed E-state index contributed by atoms with van der Waals surface area (Å²) in [6.45, 7) is 4.74. The van der Waals surface area contributed by atoms with Crippen molar-refractivity contribution in [2.24, 2.45) is 0 Å². The van der Waals surface area contributed by atoms with Gasteiger partial charge in [-0.25, -0.2) is 13.4 Å². The predicted molar refractivity (Wildman–Crippen MR) is 112 cm³/mol. The Kier molecular flexibility index (Phi) is 4.69. The van der Waals surface area contributed by atoms with Gasteiger partial charge in [0.15, 0.2) is 0 Å². The minimum absolute atomic E-state index is 0.276. The standard InChI is InChI=1S/C21H23N5O2S/c27-29(28,19-7-3-5-17-6-4-10-23-21(17)19)26-15-18(16-26)24-11-13-25(14-12-24)20-8-1-2-9-22-20/h1-10,18H,11-16H2. The average molecular weight is 410 g/mol. The van der Waals surface area contributed by atoms with Crippen LogP contribution in [-0.2, 0) is 10.0 Å². The monoisotopic (exact) mass is 409 g/mol. The fraction of sp³-hybridized carbons (Fsp3) is 0.333. The van der Waals surface area contributed by atoms with Crippen LogP contribution in [0, 0.1) is 0 Å². The van der Waals surface area contributed by atoms with Crippen LogP contribution in [0.15, 0.2) is 65.8 Å². The third kappa shape index (κ3) is 3.37. The van der Waals surface area contributed by atoms with E-state index in [1.165, 1.54) is 0 Å². The molecule has 2 aliphatic heterocycles. The summed E-state index contributed by atoms with van der Waals surface area (Å²) in [5.74, 6) is 1.01. The molecule has 2 aliphatic rings. The van der Waals surface area contributed by atoms with E-state index in [4.69, 9.17) is 0 Å². The molecule has 0 amide bonds. The third-order valence-electron chi connectivity index (χ3n) is 5.85. The molecule has 1 aromatic carbocycles. The number of sulfonamides is 1. The molecule has 0 N–H and O–H groups in total. The molecule has 29 heavy (non-hydrogen) atoms. The average Bonchev–Trinajstić information content (AvgIpc) is 2.73. The molecule has 4 heterocycles. The number of nitrogens with zero attached hydrogens (tertiary/aromatic N) is 5. The summed E-state index contributed by atoms with van der Waals surface area (Å²) >= 11 is 0. The lowest BCUT2D eigenvalue weighted by atomic mass is 10.1. The van der Waals surface area contributed by atoms with Gasteiger partial charge in [0, 0.05) is 63.1 Å². The molecule has 0 spiro atoms. The van der Waals surface area contributed by atoms with Crippen molar-refractivity contribution in [2.75, 3.05) is 44.2 Å². The topological polar surface area (TPSA) is 69.6 Å². The molecule has 8 heteroatoms. The fourth-order valence-electron chi connectivity index (χ4n) is 4.12. The first-order chi connectivity index (χ1) is 14.1. The zero-order valence-corrected chi connectivity index (χ0v) is 16.9. The zero-order chi connectivity index (χ0) is 19.8. The Bertz CT molecular complexity index is 1100. The highest BCUT2D eigenvalue weighted by molar-refractivity contribution is 7.89. The number of fused-ring (bicyclic) bond motifs is 1. The number of para-hydroxylation sites is 1. The van der Waals surface area contributed by atoms with Gasteiger partial charge in [-0.1, -0.05) is 24.3 Å². The van der Waals surface area contributed by atoms with Crippen molar-refractivity contribution in [3.05, 3.63) is 60.9 Å². The van der Waals surface area contributed by atoms with Crippen molar-refractivity contribution in [3.8, 4) is 0 Å². The van der Waals surface area contributed by atoms with Crippen LogP contribution in [0.25, 0.3) is 10.9 Å². The number of hydrogen-bond acceptors (Lipinski definition) is 6. The zero-order valence-electron chi connectivity index (χ0n) is 16.1. The van der Waals surface area contributed by atoms with E-state index in [1.54, 1.807) is 22.6 Å². The Morgan fingerprint density at radius 3 is 2.34 bits per heavy atom. The van der Waals surface area contributed by atoms with Crippen molar-refractivity contribution in [1.29, 1.82) is 0 Å². The summed E-state index contributed by atoms with van der Waals surface area (Å²) in [6.07, 6.45) is 3.46. The quantitative estimate of drug-likeness (QED) is 0.655. The molecular formula is C21H23N5O2S.